The molecule has 2 amide bonds. The minimum atomic E-state index is -4.99. The summed E-state index contributed by atoms with van der Waals surface area (Å²) in [6.07, 6.45) is -8.00. The van der Waals surface area contributed by atoms with Crippen LogP contribution < -0.4 is 10.6 Å². The van der Waals surface area contributed by atoms with Crippen LogP contribution in [-0.2, 0) is 12.7 Å². The Morgan fingerprint density at radius 3 is 2.48 bits per heavy atom. The third kappa shape index (κ3) is 4.83. The Morgan fingerprint density at radius 2 is 1.80 bits per heavy atom. The maximum absolute atomic E-state index is 14.9. The van der Waals surface area contributed by atoms with Crippen LogP contribution in [0.4, 0.5) is 40.8 Å². The second kappa shape index (κ2) is 9.77. The normalized spacial score (nSPS) is 15.1. The van der Waals surface area contributed by atoms with Gasteiger partial charge in [-0.05, 0) is 42.5 Å². The van der Waals surface area contributed by atoms with Gasteiger partial charge in [-0.25, -0.2) is 17.6 Å². The van der Waals surface area contributed by atoms with Gasteiger partial charge in [0.1, 0.15) is 18.2 Å². The molecule has 5 rings (SSSR count). The molecule has 15 heteroatoms. The molecule has 0 unspecified atom stereocenters. The number of rotatable bonds is 5. The molecule has 0 fully saturated rings. The number of hydrogen-bond acceptors (Lipinski definition) is 3. The van der Waals surface area contributed by atoms with E-state index < -0.39 is 76.7 Å². The van der Waals surface area contributed by atoms with Crippen molar-refractivity contribution in [3.8, 4) is 0 Å². The van der Waals surface area contributed by atoms with Crippen molar-refractivity contribution in [3.63, 3.8) is 0 Å². The maximum atomic E-state index is 14.9. The van der Waals surface area contributed by atoms with Crippen LogP contribution in [0.25, 0.3) is 10.9 Å². The Hall–Kier alpha value is -4.20. The molecule has 0 bridgehead atoms. The van der Waals surface area contributed by atoms with E-state index in [0.29, 0.717) is 16.8 Å². The number of anilines is 1. The molecule has 0 aliphatic carbocycles. The van der Waals surface area contributed by atoms with Crippen LogP contribution in [0.15, 0.2) is 42.5 Å². The number of amides is 2. The Balaban J connectivity index is 1.73. The monoisotopic (exact) mass is 588 g/mol. The highest BCUT2D eigenvalue weighted by atomic mass is 35.5. The van der Waals surface area contributed by atoms with Gasteiger partial charge in [0.15, 0.2) is 0 Å². The molecule has 0 radical (unpaired) electrons. The van der Waals surface area contributed by atoms with Gasteiger partial charge in [0, 0.05) is 27.4 Å². The van der Waals surface area contributed by atoms with E-state index in [2.05, 4.69) is 15.7 Å². The minimum absolute atomic E-state index is 0.0332. The molecule has 2 heterocycles. The first-order valence-electron chi connectivity index (χ1n) is 11.2. The molecule has 1 atom stereocenters. The van der Waals surface area contributed by atoms with Crippen molar-refractivity contribution in [1.29, 1.82) is 0 Å². The first-order valence-corrected chi connectivity index (χ1v) is 11.6. The van der Waals surface area contributed by atoms with Gasteiger partial charge in [-0.2, -0.15) is 17.6 Å². The summed E-state index contributed by atoms with van der Waals surface area (Å²) >= 11 is 6.21. The molecule has 0 saturated carbocycles. The van der Waals surface area contributed by atoms with Crippen LogP contribution in [0.1, 0.15) is 43.4 Å². The highest BCUT2D eigenvalue weighted by Gasteiger charge is 2.38. The molecule has 40 heavy (non-hydrogen) atoms. The lowest BCUT2D eigenvalue weighted by atomic mass is 9.94. The van der Waals surface area contributed by atoms with Crippen LogP contribution >= 0.6 is 11.6 Å². The molecular weight excluding hydrogens is 576 g/mol. The van der Waals surface area contributed by atoms with Crippen LogP contribution in [0.3, 0.4) is 0 Å². The molecule has 208 valence electrons. The zero-order valence-corrected chi connectivity index (χ0v) is 20.3. The van der Waals surface area contributed by atoms with E-state index >= 15 is 0 Å². The number of carbonyl (C=O) groups excluding carboxylic acids is 2. The van der Waals surface area contributed by atoms with E-state index in [9.17, 15) is 44.7 Å². The summed E-state index contributed by atoms with van der Waals surface area (Å²) in [5.41, 5.74) is -3.63. The summed E-state index contributed by atoms with van der Waals surface area (Å²) in [6, 6.07) is 3.88. The number of halogens is 9. The van der Waals surface area contributed by atoms with Gasteiger partial charge in [-0.3, -0.25) is 14.3 Å². The number of nitrogens with one attached hydrogen (secondary N) is 2. The summed E-state index contributed by atoms with van der Waals surface area (Å²) in [4.78, 5) is 26.1. The van der Waals surface area contributed by atoms with E-state index in [0.717, 1.165) is 18.2 Å². The molecule has 3 aromatic carbocycles. The van der Waals surface area contributed by atoms with E-state index in [1.54, 1.807) is 0 Å². The zero-order valence-electron chi connectivity index (χ0n) is 19.5. The van der Waals surface area contributed by atoms with Crippen molar-refractivity contribution in [3.05, 3.63) is 92.9 Å². The summed E-state index contributed by atoms with van der Waals surface area (Å²) in [5.74, 6) is -5.69. The van der Waals surface area contributed by atoms with E-state index in [1.807, 2.05) is 0 Å². The van der Waals surface area contributed by atoms with Gasteiger partial charge in [-0.1, -0.05) is 11.6 Å². The van der Waals surface area contributed by atoms with Crippen molar-refractivity contribution in [1.82, 2.24) is 15.1 Å². The molecule has 1 aliphatic rings. The van der Waals surface area contributed by atoms with E-state index in [1.165, 1.54) is 6.07 Å². The molecule has 4 aromatic rings. The van der Waals surface area contributed by atoms with E-state index in [4.69, 9.17) is 11.6 Å². The van der Waals surface area contributed by atoms with Gasteiger partial charge < -0.3 is 10.6 Å². The fourth-order valence-electron chi connectivity index (χ4n) is 4.54. The second-order valence-corrected chi connectivity index (χ2v) is 9.13. The van der Waals surface area contributed by atoms with Crippen molar-refractivity contribution >= 4 is 40.0 Å². The standard InChI is InChI=1S/C25H13ClF8N4O2/c26-14-2-1-11(27)6-13(14)21-18-15(35-23(39)9-3-10(25(32,33)34)5-12(28)4-9)7-16-19(20(18)24(40)36-21)22(31)37-38(16)8-17(29)30/h1-7,17,21H,8H2,(H,35,39)(H,36,40)/t21-/m1/s1. The molecule has 0 saturated heterocycles. The number of hydrogen-bond donors (Lipinski definition) is 2. The molecule has 0 spiro atoms. The van der Waals surface area contributed by atoms with Crippen molar-refractivity contribution in [2.24, 2.45) is 0 Å². The van der Waals surface area contributed by atoms with E-state index in [-0.39, 0.29) is 33.4 Å². The predicted octanol–water partition coefficient (Wildman–Crippen LogP) is 6.48. The number of carbonyl (C=O) groups is 2. The van der Waals surface area contributed by atoms with Crippen molar-refractivity contribution in [2.45, 2.75) is 25.2 Å². The average Bonchev–Trinajstić information content (AvgIpc) is 3.35. The fourth-order valence-corrected chi connectivity index (χ4v) is 4.77. The molecular formula is C25H13ClF8N4O2. The topological polar surface area (TPSA) is 76.0 Å². The Morgan fingerprint density at radius 1 is 1.07 bits per heavy atom. The lowest BCUT2D eigenvalue weighted by Gasteiger charge is -2.19. The predicted molar refractivity (Wildman–Crippen MR) is 126 cm³/mol. The minimum Gasteiger partial charge on any atom is -0.341 e. The van der Waals surface area contributed by atoms with Crippen molar-refractivity contribution in [2.75, 3.05) is 5.32 Å². The smallest absolute Gasteiger partial charge is 0.341 e. The largest absolute Gasteiger partial charge is 0.416 e. The Labute approximate surface area is 223 Å². The van der Waals surface area contributed by atoms with Crippen LogP contribution in [0.5, 0.6) is 0 Å². The summed E-state index contributed by atoms with van der Waals surface area (Å²) in [7, 11) is 0. The molecule has 2 N–H and O–H groups in total. The van der Waals surface area contributed by atoms with Crippen LogP contribution in [-0.4, -0.2) is 28.0 Å². The highest BCUT2D eigenvalue weighted by molar-refractivity contribution is 6.31. The SMILES string of the molecule is O=C(Nc1cc2c(c(F)nn2CC(F)F)c2c1[C@@H](c1cc(F)ccc1Cl)NC2=O)c1cc(F)cc(C(F)(F)F)c1. The number of fused-ring (bicyclic) bond motifs is 3. The van der Waals surface area contributed by atoms with Gasteiger partial charge in [-0.15, -0.1) is 5.10 Å². The number of benzene rings is 3. The summed E-state index contributed by atoms with van der Waals surface area (Å²) < 4.78 is 110. The van der Waals surface area contributed by atoms with Gasteiger partial charge in [0.25, 0.3) is 18.2 Å². The third-order valence-corrected chi connectivity index (χ3v) is 6.49. The quantitative estimate of drug-likeness (QED) is 0.262. The first-order chi connectivity index (χ1) is 18.7. The molecule has 1 aromatic heterocycles. The summed E-state index contributed by atoms with van der Waals surface area (Å²) in [5, 5.41) is 7.58. The zero-order chi connectivity index (χ0) is 29.1. The Kier molecular flexibility index (Phi) is 6.68. The van der Waals surface area contributed by atoms with Gasteiger partial charge >= 0.3 is 6.18 Å². The number of aromatic nitrogens is 2. The number of alkyl halides is 5. The Bertz CT molecular complexity index is 1700. The van der Waals surface area contributed by atoms with Crippen LogP contribution in [0, 0.1) is 17.6 Å². The summed E-state index contributed by atoms with van der Waals surface area (Å²) in [6.45, 7) is -1.10. The molecule has 1 aliphatic heterocycles. The first kappa shape index (κ1) is 27.4. The lowest BCUT2D eigenvalue weighted by Crippen LogP contribution is -2.21. The average molecular weight is 589 g/mol. The van der Waals surface area contributed by atoms with Crippen molar-refractivity contribution < 1.29 is 44.7 Å². The maximum Gasteiger partial charge on any atom is 0.416 e. The second-order valence-electron chi connectivity index (χ2n) is 8.72. The van der Waals surface area contributed by atoms with Gasteiger partial charge in [0.05, 0.1) is 28.1 Å². The van der Waals surface area contributed by atoms with Crippen LogP contribution in [0.2, 0.25) is 5.02 Å². The fraction of sp³-hybridized carbons (Fsp3) is 0.160. The lowest BCUT2D eigenvalue weighted by molar-refractivity contribution is -0.137. The molecule has 6 nitrogen and oxygen atoms in total. The van der Waals surface area contributed by atoms with Gasteiger partial charge in [0.2, 0.25) is 5.95 Å². The highest BCUT2D eigenvalue weighted by Crippen LogP contribution is 2.43. The third-order valence-electron chi connectivity index (χ3n) is 6.15. The number of nitrogens with zero attached hydrogens (tertiary/aromatic N) is 2.